The summed E-state index contributed by atoms with van der Waals surface area (Å²) in [5.41, 5.74) is 2.70. The van der Waals surface area contributed by atoms with Crippen LogP contribution in [0.25, 0.3) is 10.8 Å². The summed E-state index contributed by atoms with van der Waals surface area (Å²) in [6, 6.07) is 24.1. The van der Waals surface area contributed by atoms with Crippen LogP contribution in [0.5, 0.6) is 5.75 Å². The van der Waals surface area contributed by atoms with Crippen LogP contribution in [-0.2, 0) is 9.53 Å². The van der Waals surface area contributed by atoms with E-state index in [0.717, 1.165) is 6.42 Å². The largest absolute Gasteiger partial charge is 0.474 e. The van der Waals surface area contributed by atoms with Gasteiger partial charge < -0.3 is 14.8 Å². The van der Waals surface area contributed by atoms with Gasteiger partial charge in [0.15, 0.2) is 0 Å². The number of nitrogens with one attached hydrogen (secondary N) is 1. The first-order valence-electron chi connectivity index (χ1n) is 11.0. The molecular weight excluding hydrogens is 386 g/mol. The summed E-state index contributed by atoms with van der Waals surface area (Å²) < 4.78 is 10.5. The summed E-state index contributed by atoms with van der Waals surface area (Å²) in [4.78, 5) is 11.5. The summed E-state index contributed by atoms with van der Waals surface area (Å²) in [6.07, 6.45) is 5.86. The maximum absolute atomic E-state index is 11.5. The van der Waals surface area contributed by atoms with Crippen LogP contribution >= 0.6 is 0 Å². The molecule has 0 saturated heterocycles. The zero-order chi connectivity index (χ0) is 21.2. The first-order chi connectivity index (χ1) is 15.2. The van der Waals surface area contributed by atoms with Crippen molar-refractivity contribution >= 4 is 16.7 Å². The van der Waals surface area contributed by atoms with Crippen LogP contribution in [0.4, 0.5) is 0 Å². The van der Waals surface area contributed by atoms with E-state index < -0.39 is 6.10 Å². The third-order valence-electron chi connectivity index (χ3n) is 6.49. The summed E-state index contributed by atoms with van der Waals surface area (Å²) in [5, 5.41) is 6.49. The van der Waals surface area contributed by atoms with E-state index >= 15 is 0 Å². The van der Waals surface area contributed by atoms with Crippen LogP contribution in [0.2, 0.25) is 0 Å². The van der Waals surface area contributed by atoms with Gasteiger partial charge in [0.1, 0.15) is 5.75 Å². The number of cyclic esters (lactones) is 1. The summed E-state index contributed by atoms with van der Waals surface area (Å²) >= 11 is 0. The number of hydrogen-bond donors (Lipinski definition) is 1. The second kappa shape index (κ2) is 8.56. The molecule has 1 aliphatic carbocycles. The van der Waals surface area contributed by atoms with Crippen LogP contribution in [0.1, 0.15) is 49.3 Å². The van der Waals surface area contributed by atoms with Crippen molar-refractivity contribution in [1.29, 1.82) is 0 Å². The highest BCUT2D eigenvalue weighted by Crippen LogP contribution is 2.36. The maximum atomic E-state index is 11.5. The number of hydrogen-bond acceptors (Lipinski definition) is 4. The van der Waals surface area contributed by atoms with Gasteiger partial charge in [0.2, 0.25) is 6.10 Å². The number of rotatable bonds is 6. The van der Waals surface area contributed by atoms with Gasteiger partial charge in [-0.3, -0.25) is 0 Å². The van der Waals surface area contributed by atoms with Gasteiger partial charge in [-0.05, 0) is 66.1 Å². The smallest absolute Gasteiger partial charge is 0.356 e. The molecule has 4 nitrogen and oxygen atoms in total. The summed E-state index contributed by atoms with van der Waals surface area (Å²) in [5.74, 6) is 0.867. The Morgan fingerprint density at radius 3 is 2.61 bits per heavy atom. The minimum Gasteiger partial charge on any atom is -0.474 e. The lowest BCUT2D eigenvalue weighted by Gasteiger charge is -2.21. The standard InChI is InChI=1S/C27H27NO3/c1-18(24-8-4-6-20-5-2-3-7-25(20)24)28-22-12-9-21(17-22)19-10-13-23(14-11-19)31-26-15-16-30-27(26)29/h2-8,10-11,13-16,18,21-22,26,28H,9,12,17H2,1H3/t18-,21-,22+,26?/m1/s1. The minimum absolute atomic E-state index is 0.310. The van der Waals surface area contributed by atoms with Crippen LogP contribution in [0.3, 0.4) is 0 Å². The number of carbonyl (C=O) groups excluding carboxylic acids is 1. The van der Waals surface area contributed by atoms with Gasteiger partial charge in [-0.2, -0.15) is 0 Å². The van der Waals surface area contributed by atoms with Gasteiger partial charge in [-0.25, -0.2) is 4.79 Å². The third kappa shape index (κ3) is 4.21. The van der Waals surface area contributed by atoms with Gasteiger partial charge >= 0.3 is 5.97 Å². The van der Waals surface area contributed by atoms with Crippen LogP contribution < -0.4 is 10.1 Å². The zero-order valence-corrected chi connectivity index (χ0v) is 17.7. The van der Waals surface area contributed by atoms with E-state index in [-0.39, 0.29) is 5.97 Å². The average Bonchev–Trinajstić information content (AvgIpc) is 3.43. The Morgan fingerprint density at radius 1 is 1.00 bits per heavy atom. The average molecular weight is 414 g/mol. The molecule has 1 N–H and O–H groups in total. The molecule has 31 heavy (non-hydrogen) atoms. The molecular formula is C27H27NO3. The predicted octanol–water partition coefficient (Wildman–Crippen LogP) is 5.64. The molecule has 1 saturated carbocycles. The fourth-order valence-corrected chi connectivity index (χ4v) is 4.88. The fourth-order valence-electron chi connectivity index (χ4n) is 4.88. The zero-order valence-electron chi connectivity index (χ0n) is 17.7. The number of benzene rings is 3. The Morgan fingerprint density at radius 2 is 1.81 bits per heavy atom. The molecule has 3 aromatic rings. The van der Waals surface area contributed by atoms with Crippen LogP contribution in [0, 0.1) is 0 Å². The Balaban J connectivity index is 1.21. The lowest BCUT2D eigenvalue weighted by molar-refractivity contribution is -0.141. The molecule has 4 atom stereocenters. The van der Waals surface area contributed by atoms with Crippen LogP contribution in [-0.4, -0.2) is 18.1 Å². The van der Waals surface area contributed by atoms with E-state index in [1.165, 1.54) is 41.0 Å². The molecule has 4 heteroatoms. The number of carbonyl (C=O) groups is 1. The van der Waals surface area contributed by atoms with Crippen molar-refractivity contribution in [3.05, 3.63) is 90.2 Å². The molecule has 158 valence electrons. The number of ether oxygens (including phenoxy) is 2. The second-order valence-corrected chi connectivity index (χ2v) is 8.54. The lowest BCUT2D eigenvalue weighted by Crippen LogP contribution is -2.29. The predicted molar refractivity (Wildman–Crippen MR) is 122 cm³/mol. The monoisotopic (exact) mass is 413 g/mol. The Bertz CT molecular complexity index is 1100. The Hall–Kier alpha value is -3.11. The molecule has 0 bridgehead atoms. The highest BCUT2D eigenvalue weighted by molar-refractivity contribution is 5.86. The van der Waals surface area contributed by atoms with E-state index in [9.17, 15) is 4.79 Å². The highest BCUT2D eigenvalue weighted by Gasteiger charge is 2.28. The van der Waals surface area contributed by atoms with Crippen molar-refractivity contribution in [1.82, 2.24) is 5.32 Å². The van der Waals surface area contributed by atoms with Gasteiger partial charge in [-0.1, -0.05) is 54.6 Å². The van der Waals surface area contributed by atoms with E-state index in [1.54, 1.807) is 6.08 Å². The minimum atomic E-state index is -0.638. The molecule has 0 amide bonds. The van der Waals surface area contributed by atoms with Crippen molar-refractivity contribution < 1.29 is 14.3 Å². The number of fused-ring (bicyclic) bond motifs is 1. The van der Waals surface area contributed by atoms with Gasteiger partial charge in [0.05, 0.1) is 6.26 Å². The van der Waals surface area contributed by atoms with E-state index in [1.807, 2.05) is 12.1 Å². The topological polar surface area (TPSA) is 47.6 Å². The van der Waals surface area contributed by atoms with Crippen molar-refractivity contribution in [3.63, 3.8) is 0 Å². The Labute approximate surface area is 182 Å². The molecule has 1 unspecified atom stereocenters. The number of esters is 1. The van der Waals surface area contributed by atoms with Crippen molar-refractivity contribution in [2.24, 2.45) is 0 Å². The molecule has 1 aliphatic heterocycles. The van der Waals surface area contributed by atoms with Gasteiger partial charge in [-0.15, -0.1) is 0 Å². The van der Waals surface area contributed by atoms with Gasteiger partial charge in [0, 0.05) is 18.2 Å². The maximum Gasteiger partial charge on any atom is 0.356 e. The second-order valence-electron chi connectivity index (χ2n) is 8.54. The Kier molecular flexibility index (Phi) is 5.47. The fraction of sp³-hybridized carbons (Fsp3) is 0.296. The van der Waals surface area contributed by atoms with Crippen LogP contribution in [0.15, 0.2) is 79.1 Å². The normalized spacial score (nSPS) is 23.8. The molecule has 1 fully saturated rings. The third-order valence-corrected chi connectivity index (χ3v) is 6.49. The molecule has 1 heterocycles. The first kappa shape index (κ1) is 19.8. The first-order valence-corrected chi connectivity index (χ1v) is 11.0. The van der Waals surface area contributed by atoms with E-state index in [2.05, 4.69) is 66.8 Å². The van der Waals surface area contributed by atoms with E-state index in [0.29, 0.717) is 23.8 Å². The highest BCUT2D eigenvalue weighted by atomic mass is 16.6. The summed E-state index contributed by atoms with van der Waals surface area (Å²) in [6.45, 7) is 2.27. The van der Waals surface area contributed by atoms with Gasteiger partial charge in [0.25, 0.3) is 0 Å². The van der Waals surface area contributed by atoms with Crippen molar-refractivity contribution in [2.45, 2.75) is 50.3 Å². The van der Waals surface area contributed by atoms with Crippen molar-refractivity contribution in [3.8, 4) is 5.75 Å². The quantitative estimate of drug-likeness (QED) is 0.531. The molecule has 0 radical (unpaired) electrons. The van der Waals surface area contributed by atoms with Crippen molar-refractivity contribution in [2.75, 3.05) is 0 Å². The molecule has 5 rings (SSSR count). The summed E-state index contributed by atoms with van der Waals surface area (Å²) in [7, 11) is 0. The molecule has 0 aromatic heterocycles. The molecule has 2 aliphatic rings. The lowest BCUT2D eigenvalue weighted by atomic mass is 9.96. The SMILES string of the molecule is C[C@@H](N[C@H]1CC[C@@H](c2ccc(OC3C=COC3=O)cc2)C1)c1cccc2ccccc12. The molecule has 3 aromatic carbocycles. The molecule has 0 spiro atoms. The van der Waals surface area contributed by atoms with E-state index in [4.69, 9.17) is 9.47 Å².